The predicted octanol–water partition coefficient (Wildman–Crippen LogP) is 6.92. The molecule has 2 aromatic carbocycles. The lowest BCUT2D eigenvalue weighted by Gasteiger charge is -2.25. The Hall–Kier alpha value is -2.52. The highest BCUT2D eigenvalue weighted by atomic mass is 16.3. The van der Waals surface area contributed by atoms with Crippen molar-refractivity contribution >= 4 is 12.0 Å². The van der Waals surface area contributed by atoms with Crippen LogP contribution in [0.1, 0.15) is 96.8 Å². The minimum Gasteiger partial charge on any atom is -0.393 e. The second-order valence-corrected chi connectivity index (χ2v) is 11.2. The second-order valence-electron chi connectivity index (χ2n) is 11.2. The van der Waals surface area contributed by atoms with Crippen LogP contribution in [-0.4, -0.2) is 29.3 Å². The molecule has 1 N–H and O–H groups in total. The number of carbonyl (C=O) groups is 1. The number of benzene rings is 2. The number of carbonyl (C=O) groups excluding carboxylic acids is 1. The molecule has 2 aliphatic carbocycles. The van der Waals surface area contributed by atoms with Crippen LogP contribution in [0.3, 0.4) is 0 Å². The third-order valence-electron chi connectivity index (χ3n) is 8.75. The van der Waals surface area contributed by atoms with Gasteiger partial charge < -0.3 is 5.11 Å². The number of hydrogen-bond donors (Lipinski definition) is 1. The summed E-state index contributed by atoms with van der Waals surface area (Å²) in [6, 6.07) is 15.0. The summed E-state index contributed by atoms with van der Waals surface area (Å²) in [6.07, 6.45) is 13.6. The summed E-state index contributed by atoms with van der Waals surface area (Å²) in [6.45, 7) is 6.46. The van der Waals surface area contributed by atoms with E-state index in [1.54, 1.807) is 0 Å². The molecule has 0 spiro atoms. The number of aryl methyl sites for hydroxylation is 1. The minimum absolute atomic E-state index is 0.0733. The van der Waals surface area contributed by atoms with E-state index in [-0.39, 0.29) is 17.3 Å². The summed E-state index contributed by atoms with van der Waals surface area (Å²) in [5.41, 5.74) is 6.06. The molecule has 184 valence electrons. The first kappa shape index (κ1) is 24.2. The molecular formula is C32H39NO2. The zero-order chi connectivity index (χ0) is 24.4. The van der Waals surface area contributed by atoms with Crippen LogP contribution in [0.15, 0.2) is 59.6 Å². The Morgan fingerprint density at radius 1 is 1.06 bits per heavy atom. The molecule has 1 unspecified atom stereocenters. The van der Waals surface area contributed by atoms with E-state index in [9.17, 15) is 9.90 Å². The number of nitrogens with zero attached hydrogens (tertiary/aromatic N) is 1. The molecule has 35 heavy (non-hydrogen) atoms. The Bertz CT molecular complexity index is 1120. The van der Waals surface area contributed by atoms with Gasteiger partial charge in [0.25, 0.3) is 0 Å². The molecule has 3 aliphatic rings. The van der Waals surface area contributed by atoms with Gasteiger partial charge in [0.2, 0.25) is 0 Å². The van der Waals surface area contributed by atoms with Crippen molar-refractivity contribution in [2.45, 2.75) is 95.1 Å². The second kappa shape index (κ2) is 10.2. The Balaban J connectivity index is 1.24. The Morgan fingerprint density at radius 2 is 1.83 bits per heavy atom. The van der Waals surface area contributed by atoms with Crippen LogP contribution in [0.5, 0.6) is 0 Å². The van der Waals surface area contributed by atoms with Gasteiger partial charge in [0, 0.05) is 22.8 Å². The van der Waals surface area contributed by atoms with Crippen LogP contribution in [-0.2, 0) is 11.8 Å². The molecule has 0 saturated heterocycles. The van der Waals surface area contributed by atoms with Crippen molar-refractivity contribution in [3.05, 3.63) is 82.4 Å². The number of fused-ring (bicyclic) bond motifs is 1. The van der Waals surface area contributed by atoms with Gasteiger partial charge in [-0.3, -0.25) is 9.79 Å². The molecule has 2 fully saturated rings. The standard InChI is InChI=1S/C32H39NO2/c1-22-6-3-9-26(20-22)32(18-19-32)23(2)31(35)30-11-5-8-25-21-33-27(14-17-29(25)30)10-4-7-24-12-15-28(34)16-13-24/h3,5-6,8-9,11,20-21,24,27-28,34H,2,4,7,10,12-19H2,1H3. The summed E-state index contributed by atoms with van der Waals surface area (Å²) < 4.78 is 0. The van der Waals surface area contributed by atoms with Gasteiger partial charge in [-0.15, -0.1) is 0 Å². The fourth-order valence-corrected chi connectivity index (χ4v) is 6.30. The van der Waals surface area contributed by atoms with E-state index >= 15 is 0 Å². The average molecular weight is 470 g/mol. The highest BCUT2D eigenvalue weighted by Gasteiger charge is 2.49. The molecule has 3 nitrogen and oxygen atoms in total. The lowest BCUT2D eigenvalue weighted by atomic mass is 9.82. The van der Waals surface area contributed by atoms with E-state index in [1.807, 2.05) is 18.3 Å². The summed E-state index contributed by atoms with van der Waals surface area (Å²) in [5.74, 6) is 0.871. The molecule has 5 rings (SSSR count). The van der Waals surface area contributed by atoms with Crippen LogP contribution < -0.4 is 0 Å². The van der Waals surface area contributed by atoms with E-state index in [1.165, 1.54) is 36.8 Å². The maximum absolute atomic E-state index is 13.8. The third-order valence-corrected chi connectivity index (χ3v) is 8.75. The fraction of sp³-hybridized carbons (Fsp3) is 0.500. The molecule has 2 aromatic rings. The Labute approximate surface area is 210 Å². The number of Topliss-reactive ketones (excluding diaryl/α,β-unsaturated/α-hetero) is 1. The smallest absolute Gasteiger partial charge is 0.189 e. The lowest BCUT2D eigenvalue weighted by Crippen LogP contribution is -2.19. The number of rotatable bonds is 8. The van der Waals surface area contributed by atoms with Crippen molar-refractivity contribution in [3.8, 4) is 0 Å². The topological polar surface area (TPSA) is 49.7 Å². The lowest BCUT2D eigenvalue weighted by molar-refractivity contribution is 0.102. The van der Waals surface area contributed by atoms with Crippen LogP contribution >= 0.6 is 0 Å². The van der Waals surface area contributed by atoms with Crippen molar-refractivity contribution < 1.29 is 9.90 Å². The van der Waals surface area contributed by atoms with Crippen molar-refractivity contribution in [2.75, 3.05) is 0 Å². The van der Waals surface area contributed by atoms with E-state index in [2.05, 4.69) is 43.8 Å². The predicted molar refractivity (Wildman–Crippen MR) is 144 cm³/mol. The molecule has 0 radical (unpaired) electrons. The number of allylic oxidation sites excluding steroid dienone is 1. The van der Waals surface area contributed by atoms with Gasteiger partial charge >= 0.3 is 0 Å². The van der Waals surface area contributed by atoms with E-state index in [0.29, 0.717) is 6.04 Å². The maximum atomic E-state index is 13.8. The number of ketones is 1. The molecule has 0 amide bonds. The fourth-order valence-electron chi connectivity index (χ4n) is 6.30. The number of aliphatic imine (C=N–C) groups is 1. The van der Waals surface area contributed by atoms with Gasteiger partial charge in [0.1, 0.15) is 0 Å². The van der Waals surface area contributed by atoms with E-state index in [4.69, 9.17) is 4.99 Å². The monoisotopic (exact) mass is 469 g/mol. The molecule has 2 saturated carbocycles. The van der Waals surface area contributed by atoms with Crippen molar-refractivity contribution in [1.29, 1.82) is 0 Å². The highest BCUT2D eigenvalue weighted by Crippen LogP contribution is 2.54. The van der Waals surface area contributed by atoms with Crippen LogP contribution in [0.25, 0.3) is 0 Å². The van der Waals surface area contributed by atoms with Crippen LogP contribution in [0, 0.1) is 12.8 Å². The van der Waals surface area contributed by atoms with Gasteiger partial charge in [0.15, 0.2) is 5.78 Å². The first-order valence-corrected chi connectivity index (χ1v) is 13.6. The molecule has 1 aliphatic heterocycles. The number of aliphatic hydroxyl groups is 1. The number of aliphatic hydroxyl groups excluding tert-OH is 1. The van der Waals surface area contributed by atoms with Gasteiger partial charge in [-0.1, -0.05) is 67.4 Å². The van der Waals surface area contributed by atoms with Crippen molar-refractivity contribution in [3.63, 3.8) is 0 Å². The molecule has 1 heterocycles. The highest BCUT2D eigenvalue weighted by molar-refractivity contribution is 6.12. The SMILES string of the molecule is C=C(C(=O)c1cccc2c1CCC(CCCC1CCC(O)CC1)N=C2)C1(c2cccc(C)c2)CC1. The molecule has 3 heteroatoms. The molecule has 0 bridgehead atoms. The molecule has 1 atom stereocenters. The minimum atomic E-state index is -0.192. The molecule has 0 aromatic heterocycles. The zero-order valence-corrected chi connectivity index (χ0v) is 21.1. The Morgan fingerprint density at radius 3 is 2.57 bits per heavy atom. The van der Waals surface area contributed by atoms with Gasteiger partial charge in [-0.25, -0.2) is 0 Å². The normalized spacial score (nSPS) is 24.9. The average Bonchev–Trinajstić information content (AvgIpc) is 3.69. The molecular weight excluding hydrogens is 430 g/mol. The van der Waals surface area contributed by atoms with Crippen LogP contribution in [0.4, 0.5) is 0 Å². The van der Waals surface area contributed by atoms with Gasteiger partial charge in [0.05, 0.1) is 12.1 Å². The zero-order valence-electron chi connectivity index (χ0n) is 21.1. The van der Waals surface area contributed by atoms with Crippen molar-refractivity contribution in [2.24, 2.45) is 10.9 Å². The van der Waals surface area contributed by atoms with Gasteiger partial charge in [-0.05, 0) is 87.3 Å². The maximum Gasteiger partial charge on any atom is 0.189 e. The summed E-state index contributed by atoms with van der Waals surface area (Å²) in [4.78, 5) is 18.7. The number of hydrogen-bond acceptors (Lipinski definition) is 3. The van der Waals surface area contributed by atoms with E-state index < -0.39 is 0 Å². The third kappa shape index (κ3) is 5.21. The summed E-state index contributed by atoms with van der Waals surface area (Å²) >= 11 is 0. The first-order valence-electron chi connectivity index (χ1n) is 13.6. The summed E-state index contributed by atoms with van der Waals surface area (Å²) in [7, 11) is 0. The summed E-state index contributed by atoms with van der Waals surface area (Å²) in [5, 5.41) is 9.74. The largest absolute Gasteiger partial charge is 0.393 e. The Kier molecular flexibility index (Phi) is 7.07. The van der Waals surface area contributed by atoms with Crippen molar-refractivity contribution in [1.82, 2.24) is 0 Å². The van der Waals surface area contributed by atoms with Crippen LogP contribution in [0.2, 0.25) is 0 Å². The van der Waals surface area contributed by atoms with Gasteiger partial charge in [-0.2, -0.15) is 0 Å². The first-order chi connectivity index (χ1) is 17.0. The van der Waals surface area contributed by atoms with E-state index in [0.717, 1.165) is 73.1 Å². The quantitative estimate of drug-likeness (QED) is 0.337.